The molecule has 0 unspecified atom stereocenters. The van der Waals surface area contributed by atoms with Gasteiger partial charge in [-0.15, -0.1) is 0 Å². The maximum Gasteiger partial charge on any atom is 0.322 e. The number of nitrogens with zero attached hydrogens (tertiary/aromatic N) is 2. The first-order valence-electron chi connectivity index (χ1n) is 5.59. The number of nitrogen functional groups attached to an aromatic ring is 1. The zero-order chi connectivity index (χ0) is 14.0. The van der Waals surface area contributed by atoms with E-state index in [-0.39, 0.29) is 11.8 Å². The molecule has 2 rings (SSSR count). The minimum absolute atomic E-state index is 0.129. The van der Waals surface area contributed by atoms with E-state index in [1.54, 1.807) is 18.2 Å². The lowest BCUT2D eigenvalue weighted by atomic mass is 10.1. The molecular weight excluding hydrogens is 264 g/mol. The van der Waals surface area contributed by atoms with Crippen LogP contribution in [0.5, 0.6) is 11.8 Å². The number of amidine groups is 1. The van der Waals surface area contributed by atoms with Gasteiger partial charge in [-0.1, -0.05) is 11.6 Å². The van der Waals surface area contributed by atoms with E-state index in [0.717, 1.165) is 11.1 Å². The first kappa shape index (κ1) is 13.3. The standard InChI is InChI=1S/C13H13ClN4O/c1-7-5-9(6-8(2)11(7)14)19-13-17-4-3-10(18-13)12(15)16/h3-6H,1-2H3,(H3,15,16). The van der Waals surface area contributed by atoms with Gasteiger partial charge in [0.05, 0.1) is 0 Å². The predicted octanol–water partition coefficient (Wildman–Crippen LogP) is 2.82. The average Bonchev–Trinajstić information content (AvgIpc) is 2.36. The van der Waals surface area contributed by atoms with Crippen LogP contribution in [0.2, 0.25) is 5.02 Å². The van der Waals surface area contributed by atoms with Crippen LogP contribution >= 0.6 is 11.6 Å². The fourth-order valence-electron chi connectivity index (χ4n) is 1.61. The highest BCUT2D eigenvalue weighted by atomic mass is 35.5. The van der Waals surface area contributed by atoms with Gasteiger partial charge in [0.1, 0.15) is 17.3 Å². The lowest BCUT2D eigenvalue weighted by Crippen LogP contribution is -2.13. The van der Waals surface area contributed by atoms with Gasteiger partial charge in [-0.3, -0.25) is 5.41 Å². The van der Waals surface area contributed by atoms with E-state index in [9.17, 15) is 0 Å². The maximum atomic E-state index is 7.32. The summed E-state index contributed by atoms with van der Waals surface area (Å²) in [5, 5.41) is 8.04. The third kappa shape index (κ3) is 3.00. The fourth-order valence-corrected chi connectivity index (χ4v) is 1.72. The van der Waals surface area contributed by atoms with Crippen LogP contribution in [-0.2, 0) is 0 Å². The lowest BCUT2D eigenvalue weighted by Gasteiger charge is -2.08. The van der Waals surface area contributed by atoms with Gasteiger partial charge in [0.25, 0.3) is 0 Å². The van der Waals surface area contributed by atoms with Crippen LogP contribution in [0.4, 0.5) is 0 Å². The van der Waals surface area contributed by atoms with Crippen molar-refractivity contribution in [3.8, 4) is 11.8 Å². The molecule has 5 nitrogen and oxygen atoms in total. The Morgan fingerprint density at radius 3 is 2.53 bits per heavy atom. The SMILES string of the molecule is Cc1cc(Oc2nccc(C(=N)N)n2)cc(C)c1Cl. The Bertz CT molecular complexity index is 619. The number of rotatable bonds is 3. The zero-order valence-corrected chi connectivity index (χ0v) is 11.3. The second-order valence-electron chi connectivity index (χ2n) is 4.11. The number of halogens is 1. The summed E-state index contributed by atoms with van der Waals surface area (Å²) in [4.78, 5) is 8.01. The van der Waals surface area contributed by atoms with Crippen molar-refractivity contribution in [2.75, 3.05) is 0 Å². The van der Waals surface area contributed by atoms with Crippen molar-refractivity contribution < 1.29 is 4.74 Å². The minimum atomic E-state index is -0.129. The van der Waals surface area contributed by atoms with Crippen LogP contribution in [0.25, 0.3) is 0 Å². The molecule has 0 spiro atoms. The number of hydrogen-bond donors (Lipinski definition) is 2. The number of hydrogen-bond acceptors (Lipinski definition) is 4. The molecule has 1 heterocycles. The third-order valence-electron chi connectivity index (χ3n) is 2.53. The van der Waals surface area contributed by atoms with E-state index in [4.69, 9.17) is 27.5 Å². The second kappa shape index (κ2) is 5.24. The first-order chi connectivity index (χ1) is 8.97. The highest BCUT2D eigenvalue weighted by Gasteiger charge is 2.07. The molecule has 3 N–H and O–H groups in total. The molecule has 0 aliphatic rings. The Morgan fingerprint density at radius 2 is 1.95 bits per heavy atom. The van der Waals surface area contributed by atoms with Crippen molar-refractivity contribution in [2.24, 2.45) is 5.73 Å². The molecule has 1 aromatic heterocycles. The van der Waals surface area contributed by atoms with Crippen LogP contribution in [0.15, 0.2) is 24.4 Å². The molecule has 0 aliphatic heterocycles. The summed E-state index contributed by atoms with van der Waals surface area (Å²) < 4.78 is 5.55. The molecule has 0 saturated carbocycles. The summed E-state index contributed by atoms with van der Waals surface area (Å²) in [5.74, 6) is 0.468. The van der Waals surface area contributed by atoms with Gasteiger partial charge in [-0.05, 0) is 43.2 Å². The largest absolute Gasteiger partial charge is 0.424 e. The van der Waals surface area contributed by atoms with Gasteiger partial charge >= 0.3 is 6.01 Å². The summed E-state index contributed by atoms with van der Waals surface area (Å²) in [7, 11) is 0. The van der Waals surface area contributed by atoms with Gasteiger partial charge in [-0.2, -0.15) is 4.98 Å². The van der Waals surface area contributed by atoms with Crippen LogP contribution in [0.1, 0.15) is 16.8 Å². The summed E-state index contributed by atoms with van der Waals surface area (Å²) in [6.07, 6.45) is 1.49. The predicted molar refractivity (Wildman–Crippen MR) is 74.0 cm³/mol. The summed E-state index contributed by atoms with van der Waals surface area (Å²) in [6.45, 7) is 3.80. The minimum Gasteiger partial charge on any atom is -0.424 e. The number of nitrogens with two attached hydrogens (primary N) is 1. The van der Waals surface area contributed by atoms with Crippen LogP contribution in [0.3, 0.4) is 0 Å². The normalized spacial score (nSPS) is 10.3. The highest BCUT2D eigenvalue weighted by molar-refractivity contribution is 6.32. The molecule has 1 aromatic carbocycles. The van der Waals surface area contributed by atoms with Gasteiger partial charge < -0.3 is 10.5 Å². The molecule has 6 heteroatoms. The van der Waals surface area contributed by atoms with Crippen LogP contribution in [0, 0.1) is 19.3 Å². The summed E-state index contributed by atoms with van der Waals surface area (Å²) in [5.41, 5.74) is 7.52. The van der Waals surface area contributed by atoms with E-state index in [2.05, 4.69) is 9.97 Å². The molecule has 0 saturated heterocycles. The Hall–Kier alpha value is -2.14. The molecule has 0 atom stereocenters. The Kier molecular flexibility index (Phi) is 3.66. The number of benzene rings is 1. The van der Waals surface area contributed by atoms with Gasteiger partial charge in [0.15, 0.2) is 0 Å². The molecule has 98 valence electrons. The molecule has 0 fully saturated rings. The molecule has 19 heavy (non-hydrogen) atoms. The summed E-state index contributed by atoms with van der Waals surface area (Å²) in [6, 6.07) is 5.31. The van der Waals surface area contributed by atoms with E-state index >= 15 is 0 Å². The maximum absolute atomic E-state index is 7.32. The molecule has 0 amide bonds. The van der Waals surface area contributed by atoms with E-state index < -0.39 is 0 Å². The number of nitrogens with one attached hydrogen (secondary N) is 1. The average molecular weight is 277 g/mol. The smallest absolute Gasteiger partial charge is 0.322 e. The number of aryl methyl sites for hydroxylation is 2. The first-order valence-corrected chi connectivity index (χ1v) is 5.97. The molecule has 0 aliphatic carbocycles. The van der Waals surface area contributed by atoms with Gasteiger partial charge in [-0.25, -0.2) is 4.98 Å². The van der Waals surface area contributed by atoms with Crippen molar-refractivity contribution in [3.05, 3.63) is 46.2 Å². The van der Waals surface area contributed by atoms with Crippen molar-refractivity contribution in [1.82, 2.24) is 9.97 Å². The monoisotopic (exact) mass is 276 g/mol. The number of aromatic nitrogens is 2. The summed E-state index contributed by atoms with van der Waals surface area (Å²) >= 11 is 6.09. The van der Waals surface area contributed by atoms with Gasteiger partial charge in [0, 0.05) is 11.2 Å². The van der Waals surface area contributed by atoms with Crippen molar-refractivity contribution in [2.45, 2.75) is 13.8 Å². The van der Waals surface area contributed by atoms with Crippen LogP contribution < -0.4 is 10.5 Å². The molecule has 0 bridgehead atoms. The fraction of sp³-hybridized carbons (Fsp3) is 0.154. The van der Waals surface area contributed by atoms with E-state index in [0.29, 0.717) is 16.5 Å². The molecule has 0 radical (unpaired) electrons. The Labute approximate surface area is 115 Å². The third-order valence-corrected chi connectivity index (χ3v) is 3.12. The Morgan fingerprint density at radius 1 is 1.32 bits per heavy atom. The number of ether oxygens (including phenoxy) is 1. The van der Waals surface area contributed by atoms with Gasteiger partial charge in [0.2, 0.25) is 0 Å². The molecular formula is C13H13ClN4O. The van der Waals surface area contributed by atoms with Crippen molar-refractivity contribution in [1.29, 1.82) is 5.41 Å². The zero-order valence-electron chi connectivity index (χ0n) is 10.6. The molecule has 2 aromatic rings. The van der Waals surface area contributed by atoms with Crippen molar-refractivity contribution in [3.63, 3.8) is 0 Å². The highest BCUT2D eigenvalue weighted by Crippen LogP contribution is 2.27. The lowest BCUT2D eigenvalue weighted by molar-refractivity contribution is 0.440. The van der Waals surface area contributed by atoms with E-state index in [1.165, 1.54) is 6.20 Å². The van der Waals surface area contributed by atoms with E-state index in [1.807, 2.05) is 13.8 Å². The van der Waals surface area contributed by atoms with Crippen molar-refractivity contribution >= 4 is 17.4 Å². The Balaban J connectivity index is 2.31. The quantitative estimate of drug-likeness (QED) is 0.667. The second-order valence-corrected chi connectivity index (χ2v) is 4.49. The van der Waals surface area contributed by atoms with Crippen LogP contribution in [-0.4, -0.2) is 15.8 Å². The topological polar surface area (TPSA) is 84.9 Å².